The van der Waals surface area contributed by atoms with Gasteiger partial charge in [0.05, 0.1) is 0 Å². The first-order chi connectivity index (χ1) is 7.66. The minimum Gasteiger partial charge on any atom is -0.289 e. The van der Waals surface area contributed by atoms with Crippen molar-refractivity contribution in [1.29, 1.82) is 0 Å². The lowest BCUT2D eigenvalue weighted by molar-refractivity contribution is 0.103. The van der Waals surface area contributed by atoms with E-state index in [2.05, 4.69) is 27.6 Å². The third kappa shape index (κ3) is 2.59. The van der Waals surface area contributed by atoms with E-state index in [4.69, 9.17) is 11.6 Å². The molecule has 0 aliphatic carbocycles. The first-order valence-corrected chi connectivity index (χ1v) is 6.04. The summed E-state index contributed by atoms with van der Waals surface area (Å²) >= 11 is 7.84. The summed E-state index contributed by atoms with van der Waals surface area (Å²) in [5.41, 5.74) is 1.21. The van der Waals surface area contributed by atoms with Gasteiger partial charge in [0.2, 0.25) is 0 Å². The summed E-state index contributed by atoms with van der Waals surface area (Å²) < 4.78 is 1.03. The Balaban J connectivity index is 2.35. The lowest BCUT2D eigenvalue weighted by Crippen LogP contribution is -2.01. The Morgan fingerprint density at radius 3 is 2.62 bits per heavy atom. The molecule has 0 aliphatic rings. The molecule has 2 nitrogen and oxygen atoms in total. The van der Waals surface area contributed by atoms with Crippen LogP contribution in [0.1, 0.15) is 15.9 Å². The zero-order valence-corrected chi connectivity index (χ0v) is 11.1. The molecule has 0 saturated carbocycles. The van der Waals surface area contributed by atoms with E-state index in [0.717, 1.165) is 3.57 Å². The highest BCUT2D eigenvalue weighted by Gasteiger charge is 2.09. The highest BCUT2D eigenvalue weighted by atomic mass is 127. The smallest absolute Gasteiger partial charge is 0.194 e. The lowest BCUT2D eigenvalue weighted by Gasteiger charge is -2.01. The van der Waals surface area contributed by atoms with Gasteiger partial charge >= 0.3 is 0 Å². The van der Waals surface area contributed by atoms with Gasteiger partial charge in [0.15, 0.2) is 5.78 Å². The van der Waals surface area contributed by atoms with E-state index in [1.54, 1.807) is 18.2 Å². The van der Waals surface area contributed by atoms with Crippen molar-refractivity contribution in [3.8, 4) is 0 Å². The fraction of sp³-hybridized carbons (Fsp3) is 0. The van der Waals surface area contributed by atoms with Crippen LogP contribution in [0, 0.1) is 3.57 Å². The lowest BCUT2D eigenvalue weighted by atomic mass is 10.1. The Morgan fingerprint density at radius 1 is 1.19 bits per heavy atom. The maximum absolute atomic E-state index is 12.0. The number of halogens is 2. The van der Waals surface area contributed by atoms with Crippen molar-refractivity contribution in [2.45, 2.75) is 0 Å². The first-order valence-electron chi connectivity index (χ1n) is 4.58. The molecule has 0 fully saturated rings. The van der Waals surface area contributed by atoms with Gasteiger partial charge in [0, 0.05) is 20.9 Å². The number of rotatable bonds is 2. The Labute approximate surface area is 112 Å². The second-order valence-corrected chi connectivity index (χ2v) is 4.84. The summed E-state index contributed by atoms with van der Waals surface area (Å²) in [6.07, 6.45) is 1.49. The number of ketones is 1. The van der Waals surface area contributed by atoms with E-state index in [9.17, 15) is 4.79 Å². The molecule has 4 heteroatoms. The average molecular weight is 344 g/mol. The summed E-state index contributed by atoms with van der Waals surface area (Å²) in [5, 5.41) is 0.388. The zero-order valence-electron chi connectivity index (χ0n) is 8.15. The molecule has 80 valence electrons. The number of benzene rings is 1. The van der Waals surface area contributed by atoms with Crippen molar-refractivity contribution < 1.29 is 4.79 Å². The molecule has 0 unspecified atom stereocenters. The normalized spacial score (nSPS) is 10.1. The molecule has 2 rings (SSSR count). The number of aromatic nitrogens is 1. The molecule has 0 N–H and O–H groups in total. The van der Waals surface area contributed by atoms with Crippen LogP contribution in [0.3, 0.4) is 0 Å². The Hall–Kier alpha value is -0.940. The van der Waals surface area contributed by atoms with Gasteiger partial charge in [0.25, 0.3) is 0 Å². The Bertz CT molecular complexity index is 525. The van der Waals surface area contributed by atoms with Gasteiger partial charge in [-0.25, -0.2) is 4.98 Å². The highest BCUT2D eigenvalue weighted by Crippen LogP contribution is 2.13. The largest absolute Gasteiger partial charge is 0.289 e. The maximum atomic E-state index is 12.0. The second kappa shape index (κ2) is 4.93. The molecule has 0 radical (unpaired) electrons. The molecule has 16 heavy (non-hydrogen) atoms. The van der Waals surface area contributed by atoms with Gasteiger partial charge in [-0.05, 0) is 46.9 Å². The predicted molar refractivity (Wildman–Crippen MR) is 71.8 cm³/mol. The Morgan fingerprint density at radius 2 is 2.00 bits per heavy atom. The summed E-state index contributed by atoms with van der Waals surface area (Å²) in [5.74, 6) is -0.0392. The molecule has 1 heterocycles. The first kappa shape index (κ1) is 11.5. The Kier molecular flexibility index (Phi) is 3.56. The fourth-order valence-electron chi connectivity index (χ4n) is 1.31. The number of nitrogens with zero attached hydrogens (tertiary/aromatic N) is 1. The van der Waals surface area contributed by atoms with Crippen LogP contribution in [0.5, 0.6) is 0 Å². The third-order valence-electron chi connectivity index (χ3n) is 2.08. The third-order valence-corrected chi connectivity index (χ3v) is 2.97. The van der Waals surface area contributed by atoms with Crippen LogP contribution in [-0.4, -0.2) is 10.8 Å². The van der Waals surface area contributed by atoms with E-state index in [-0.39, 0.29) is 5.78 Å². The molecule has 1 aromatic carbocycles. The van der Waals surface area contributed by atoms with Gasteiger partial charge in [-0.1, -0.05) is 23.7 Å². The van der Waals surface area contributed by atoms with Crippen molar-refractivity contribution in [3.05, 3.63) is 62.4 Å². The van der Waals surface area contributed by atoms with Gasteiger partial charge in [-0.15, -0.1) is 0 Å². The van der Waals surface area contributed by atoms with Crippen LogP contribution in [0.25, 0.3) is 0 Å². The van der Waals surface area contributed by atoms with Crippen LogP contribution >= 0.6 is 34.2 Å². The van der Waals surface area contributed by atoms with E-state index in [1.807, 2.05) is 18.2 Å². The van der Waals surface area contributed by atoms with E-state index in [0.29, 0.717) is 16.3 Å². The predicted octanol–water partition coefficient (Wildman–Crippen LogP) is 3.57. The average Bonchev–Trinajstić information content (AvgIpc) is 2.29. The molecule has 0 bridgehead atoms. The zero-order chi connectivity index (χ0) is 11.5. The van der Waals surface area contributed by atoms with Crippen molar-refractivity contribution in [2.75, 3.05) is 0 Å². The van der Waals surface area contributed by atoms with Crippen LogP contribution in [0.4, 0.5) is 0 Å². The van der Waals surface area contributed by atoms with E-state index < -0.39 is 0 Å². The van der Waals surface area contributed by atoms with Crippen LogP contribution < -0.4 is 0 Å². The molecular weight excluding hydrogens is 336 g/mol. The number of hydrogen-bond donors (Lipinski definition) is 0. The molecule has 0 aliphatic heterocycles. The minimum absolute atomic E-state index is 0.0392. The van der Waals surface area contributed by atoms with Crippen LogP contribution in [0.15, 0.2) is 42.6 Å². The SMILES string of the molecule is O=C(c1ccc(Cl)nc1)c1cccc(I)c1. The van der Waals surface area contributed by atoms with Gasteiger partial charge in [0.1, 0.15) is 5.15 Å². The summed E-state index contributed by atoms with van der Waals surface area (Å²) in [6, 6.07) is 10.7. The monoisotopic (exact) mass is 343 g/mol. The molecule has 2 aromatic rings. The van der Waals surface area contributed by atoms with Crippen molar-refractivity contribution >= 4 is 40.0 Å². The molecule has 1 aromatic heterocycles. The maximum Gasteiger partial charge on any atom is 0.194 e. The quantitative estimate of drug-likeness (QED) is 0.474. The van der Waals surface area contributed by atoms with E-state index in [1.165, 1.54) is 6.20 Å². The van der Waals surface area contributed by atoms with Crippen molar-refractivity contribution in [3.63, 3.8) is 0 Å². The molecule has 0 atom stereocenters. The molecule has 0 spiro atoms. The number of hydrogen-bond acceptors (Lipinski definition) is 2. The number of carbonyl (C=O) groups is 1. The summed E-state index contributed by atoms with van der Waals surface area (Å²) in [7, 11) is 0. The molecular formula is C12H7ClINO. The van der Waals surface area contributed by atoms with E-state index >= 15 is 0 Å². The standard InChI is InChI=1S/C12H7ClINO/c13-11-5-4-9(7-15-11)12(16)8-2-1-3-10(14)6-8/h1-7H. The van der Waals surface area contributed by atoms with Gasteiger partial charge in [-0.3, -0.25) is 4.79 Å². The van der Waals surface area contributed by atoms with Crippen molar-refractivity contribution in [2.24, 2.45) is 0 Å². The van der Waals surface area contributed by atoms with Gasteiger partial charge < -0.3 is 0 Å². The molecule has 0 saturated heterocycles. The van der Waals surface area contributed by atoms with Crippen LogP contribution in [-0.2, 0) is 0 Å². The summed E-state index contributed by atoms with van der Waals surface area (Å²) in [6.45, 7) is 0. The van der Waals surface area contributed by atoms with Gasteiger partial charge in [-0.2, -0.15) is 0 Å². The van der Waals surface area contributed by atoms with Crippen LogP contribution in [0.2, 0.25) is 5.15 Å². The fourth-order valence-corrected chi connectivity index (χ4v) is 1.96. The minimum atomic E-state index is -0.0392. The topological polar surface area (TPSA) is 30.0 Å². The number of carbonyl (C=O) groups excluding carboxylic acids is 1. The number of pyridine rings is 1. The molecule has 0 amide bonds. The summed E-state index contributed by atoms with van der Waals surface area (Å²) in [4.78, 5) is 15.9. The van der Waals surface area contributed by atoms with Crippen molar-refractivity contribution in [1.82, 2.24) is 4.98 Å². The second-order valence-electron chi connectivity index (χ2n) is 3.21. The highest BCUT2D eigenvalue weighted by molar-refractivity contribution is 14.1.